The number of carbonyl (C=O) groups is 1. The number of nitrogens with two attached hydrogens (primary N) is 1. The molecule has 20 heavy (non-hydrogen) atoms. The first kappa shape index (κ1) is 16.3. The van der Waals surface area contributed by atoms with Crippen LogP contribution < -0.4 is 10.6 Å². The summed E-state index contributed by atoms with van der Waals surface area (Å²) in [6, 6.07) is 4.87. The minimum absolute atomic E-state index is 0.213. The molecule has 0 aromatic heterocycles. The molecule has 112 valence electrons. The van der Waals surface area contributed by atoms with Gasteiger partial charge in [0.2, 0.25) is 0 Å². The third-order valence-electron chi connectivity index (χ3n) is 3.33. The molecule has 0 amide bonds. The van der Waals surface area contributed by atoms with E-state index in [1.165, 1.54) is 6.07 Å². The fourth-order valence-electron chi connectivity index (χ4n) is 2.19. The molecule has 0 aliphatic rings. The van der Waals surface area contributed by atoms with Gasteiger partial charge in [0.15, 0.2) is 0 Å². The summed E-state index contributed by atoms with van der Waals surface area (Å²) in [5.41, 5.74) is 7.55. The van der Waals surface area contributed by atoms with Crippen LogP contribution in [0.15, 0.2) is 18.2 Å². The van der Waals surface area contributed by atoms with Gasteiger partial charge in [-0.05, 0) is 38.0 Å². The van der Waals surface area contributed by atoms with Crippen LogP contribution >= 0.6 is 0 Å². The summed E-state index contributed by atoms with van der Waals surface area (Å²) < 4.78 is 0. The van der Waals surface area contributed by atoms with E-state index < -0.39 is 5.97 Å². The van der Waals surface area contributed by atoms with Crippen LogP contribution in [-0.2, 0) is 0 Å². The molecule has 1 aromatic carbocycles. The lowest BCUT2D eigenvalue weighted by molar-refractivity contribution is 0.0697. The van der Waals surface area contributed by atoms with Crippen molar-refractivity contribution >= 4 is 17.3 Å². The Kier molecular flexibility index (Phi) is 6.87. The molecule has 1 aromatic rings. The fourth-order valence-corrected chi connectivity index (χ4v) is 2.19. The number of aliphatic hydroxyl groups excluding tert-OH is 1. The van der Waals surface area contributed by atoms with Gasteiger partial charge in [0.05, 0.1) is 16.9 Å². The Bertz CT molecular complexity index is 435. The first-order valence-electron chi connectivity index (χ1n) is 7.08. The molecule has 0 heterocycles. The highest BCUT2D eigenvalue weighted by Crippen LogP contribution is 2.24. The quantitative estimate of drug-likeness (QED) is 0.477. The molecular formula is C15H24N2O3. The number of carboxylic acids is 1. The number of hydrogen-bond acceptors (Lipinski definition) is 4. The van der Waals surface area contributed by atoms with E-state index in [0.29, 0.717) is 5.69 Å². The predicted molar refractivity (Wildman–Crippen MR) is 81.3 cm³/mol. The van der Waals surface area contributed by atoms with Gasteiger partial charge in [0.25, 0.3) is 0 Å². The van der Waals surface area contributed by atoms with E-state index in [0.717, 1.165) is 44.5 Å². The highest BCUT2D eigenvalue weighted by molar-refractivity contribution is 5.90. The lowest BCUT2D eigenvalue weighted by Crippen LogP contribution is -2.25. The molecule has 0 unspecified atom stereocenters. The second-order valence-corrected chi connectivity index (χ2v) is 4.80. The third kappa shape index (κ3) is 4.74. The van der Waals surface area contributed by atoms with Crippen LogP contribution in [0.25, 0.3) is 0 Å². The van der Waals surface area contributed by atoms with Crippen molar-refractivity contribution in [2.24, 2.45) is 0 Å². The Labute approximate surface area is 120 Å². The summed E-state index contributed by atoms with van der Waals surface area (Å²) in [6.45, 7) is 4.02. The Morgan fingerprint density at radius 3 is 2.50 bits per heavy atom. The van der Waals surface area contributed by atoms with E-state index in [-0.39, 0.29) is 12.2 Å². The molecule has 0 atom stereocenters. The van der Waals surface area contributed by atoms with Gasteiger partial charge in [-0.3, -0.25) is 0 Å². The zero-order chi connectivity index (χ0) is 15.0. The summed E-state index contributed by atoms with van der Waals surface area (Å²) in [6.07, 6.45) is 3.99. The number of anilines is 2. The molecule has 0 saturated carbocycles. The lowest BCUT2D eigenvalue weighted by atomic mass is 10.1. The number of carboxylic acid groups (broad SMARTS) is 1. The van der Waals surface area contributed by atoms with Crippen LogP contribution in [0.3, 0.4) is 0 Å². The number of benzene rings is 1. The molecular weight excluding hydrogens is 256 g/mol. The van der Waals surface area contributed by atoms with Crippen molar-refractivity contribution < 1.29 is 15.0 Å². The van der Waals surface area contributed by atoms with Crippen LogP contribution in [0.5, 0.6) is 0 Å². The maximum Gasteiger partial charge on any atom is 0.335 e. The van der Waals surface area contributed by atoms with Crippen molar-refractivity contribution in [2.75, 3.05) is 30.3 Å². The zero-order valence-corrected chi connectivity index (χ0v) is 12.0. The highest BCUT2D eigenvalue weighted by atomic mass is 16.4. The van der Waals surface area contributed by atoms with Gasteiger partial charge in [-0.1, -0.05) is 12.8 Å². The number of rotatable bonds is 9. The molecule has 1 rings (SSSR count). The Balaban J connectivity index is 2.63. The summed E-state index contributed by atoms with van der Waals surface area (Å²) >= 11 is 0. The number of aliphatic hydroxyl groups is 1. The Morgan fingerprint density at radius 1 is 1.25 bits per heavy atom. The number of nitrogens with zero attached hydrogens (tertiary/aromatic N) is 1. The molecule has 0 aliphatic carbocycles. The third-order valence-corrected chi connectivity index (χ3v) is 3.33. The van der Waals surface area contributed by atoms with Crippen LogP contribution in [0, 0.1) is 0 Å². The van der Waals surface area contributed by atoms with Gasteiger partial charge in [-0.15, -0.1) is 0 Å². The van der Waals surface area contributed by atoms with Crippen LogP contribution in [0.4, 0.5) is 11.4 Å². The summed E-state index contributed by atoms with van der Waals surface area (Å²) in [5.74, 6) is -0.963. The van der Waals surface area contributed by atoms with E-state index in [1.54, 1.807) is 12.1 Å². The molecule has 5 heteroatoms. The topological polar surface area (TPSA) is 86.8 Å². The normalized spacial score (nSPS) is 10.5. The average molecular weight is 280 g/mol. The first-order chi connectivity index (χ1) is 9.60. The van der Waals surface area contributed by atoms with E-state index in [9.17, 15) is 4.79 Å². The molecule has 4 N–H and O–H groups in total. The van der Waals surface area contributed by atoms with Gasteiger partial charge in [0.1, 0.15) is 0 Å². The van der Waals surface area contributed by atoms with Crippen LogP contribution in [0.2, 0.25) is 0 Å². The van der Waals surface area contributed by atoms with Crippen LogP contribution in [-0.4, -0.2) is 35.9 Å². The van der Waals surface area contributed by atoms with Crippen molar-refractivity contribution in [1.82, 2.24) is 0 Å². The minimum Gasteiger partial charge on any atom is -0.478 e. The lowest BCUT2D eigenvalue weighted by Gasteiger charge is -2.24. The van der Waals surface area contributed by atoms with Gasteiger partial charge >= 0.3 is 5.97 Å². The van der Waals surface area contributed by atoms with E-state index in [2.05, 4.69) is 11.8 Å². The highest BCUT2D eigenvalue weighted by Gasteiger charge is 2.11. The van der Waals surface area contributed by atoms with Crippen molar-refractivity contribution in [1.29, 1.82) is 0 Å². The average Bonchev–Trinajstić information content (AvgIpc) is 2.43. The Hall–Kier alpha value is -1.75. The maximum absolute atomic E-state index is 10.9. The molecule has 5 nitrogen and oxygen atoms in total. The molecule has 0 spiro atoms. The largest absolute Gasteiger partial charge is 0.478 e. The Morgan fingerprint density at radius 2 is 1.95 bits per heavy atom. The summed E-state index contributed by atoms with van der Waals surface area (Å²) in [5, 5.41) is 17.7. The second kappa shape index (κ2) is 8.43. The van der Waals surface area contributed by atoms with E-state index in [1.807, 2.05) is 0 Å². The fraction of sp³-hybridized carbons (Fsp3) is 0.533. The summed E-state index contributed by atoms with van der Waals surface area (Å²) in [4.78, 5) is 13.0. The number of unbranched alkanes of at least 4 members (excludes halogenated alkanes) is 3. The number of hydrogen-bond donors (Lipinski definition) is 3. The predicted octanol–water partition coefficient (Wildman–Crippen LogP) is 2.35. The van der Waals surface area contributed by atoms with Crippen molar-refractivity contribution in [2.45, 2.75) is 32.6 Å². The SMILES string of the molecule is CCN(CCCCCCO)c1ccc(C(=O)O)cc1N. The van der Waals surface area contributed by atoms with Gasteiger partial charge in [-0.2, -0.15) is 0 Å². The second-order valence-electron chi connectivity index (χ2n) is 4.80. The summed E-state index contributed by atoms with van der Waals surface area (Å²) in [7, 11) is 0. The van der Waals surface area contributed by atoms with Crippen molar-refractivity contribution in [3.05, 3.63) is 23.8 Å². The number of nitrogen functional groups attached to an aromatic ring is 1. The van der Waals surface area contributed by atoms with Gasteiger partial charge in [0, 0.05) is 19.7 Å². The van der Waals surface area contributed by atoms with Gasteiger partial charge < -0.3 is 20.8 Å². The monoisotopic (exact) mass is 280 g/mol. The van der Waals surface area contributed by atoms with E-state index >= 15 is 0 Å². The molecule has 0 radical (unpaired) electrons. The van der Waals surface area contributed by atoms with Crippen molar-refractivity contribution in [3.63, 3.8) is 0 Å². The molecule has 0 bridgehead atoms. The number of aromatic carboxylic acids is 1. The van der Waals surface area contributed by atoms with E-state index in [4.69, 9.17) is 15.9 Å². The van der Waals surface area contributed by atoms with Crippen molar-refractivity contribution in [3.8, 4) is 0 Å². The smallest absolute Gasteiger partial charge is 0.335 e. The van der Waals surface area contributed by atoms with Gasteiger partial charge in [-0.25, -0.2) is 4.79 Å². The zero-order valence-electron chi connectivity index (χ0n) is 12.0. The molecule has 0 saturated heterocycles. The molecule has 0 fully saturated rings. The molecule has 0 aliphatic heterocycles. The maximum atomic E-state index is 10.9. The van der Waals surface area contributed by atoms with Crippen LogP contribution in [0.1, 0.15) is 43.0 Å². The first-order valence-corrected chi connectivity index (χ1v) is 7.08. The standard InChI is InChI=1S/C15H24N2O3/c1-2-17(9-5-3-4-6-10-18)14-8-7-12(15(19)20)11-13(14)16/h7-8,11,18H,2-6,9-10,16H2,1H3,(H,19,20). The minimum atomic E-state index is -0.963.